The summed E-state index contributed by atoms with van der Waals surface area (Å²) in [6.07, 6.45) is 0. The van der Waals surface area contributed by atoms with Crippen molar-refractivity contribution in [1.82, 2.24) is 10.2 Å². The Bertz CT molecular complexity index is 762. The zero-order valence-corrected chi connectivity index (χ0v) is 12.1. The van der Waals surface area contributed by atoms with Gasteiger partial charge in [-0.05, 0) is 24.6 Å². The summed E-state index contributed by atoms with van der Waals surface area (Å²) >= 11 is 0. The lowest BCUT2D eigenvalue weighted by Gasteiger charge is -2.25. The fourth-order valence-electron chi connectivity index (χ4n) is 2.61. The highest BCUT2D eigenvalue weighted by Crippen LogP contribution is 2.43. The monoisotopic (exact) mass is 301 g/mol. The number of methoxy groups -OCH3 is 1. The second-order valence-electron chi connectivity index (χ2n) is 4.96. The van der Waals surface area contributed by atoms with Crippen LogP contribution in [0.5, 0.6) is 11.6 Å². The molecule has 2 heterocycles. The summed E-state index contributed by atoms with van der Waals surface area (Å²) in [5.74, 6) is -0.612. The highest BCUT2D eigenvalue weighted by molar-refractivity contribution is 5.92. The summed E-state index contributed by atoms with van der Waals surface area (Å²) in [6.45, 7) is 1.83. The van der Waals surface area contributed by atoms with E-state index >= 15 is 0 Å². The molecule has 114 valence electrons. The maximum Gasteiger partial charge on any atom is 0.340 e. The first-order valence-corrected chi connectivity index (χ1v) is 6.62. The van der Waals surface area contributed by atoms with Crippen LogP contribution >= 0.6 is 0 Å². The molecule has 0 amide bonds. The number of phenolic OH excluding ortho intramolecular Hbond substituents is 1. The molecular weight excluding hydrogens is 286 g/mol. The number of aryl methyl sites for hydroxylation is 1. The number of benzene rings is 1. The van der Waals surface area contributed by atoms with E-state index in [9.17, 15) is 9.90 Å². The number of carbonyl (C=O) groups excluding carboxylic acids is 1. The molecule has 0 fully saturated rings. The van der Waals surface area contributed by atoms with Crippen molar-refractivity contribution in [3.05, 3.63) is 52.5 Å². The molecule has 1 aliphatic heterocycles. The van der Waals surface area contributed by atoms with Gasteiger partial charge >= 0.3 is 5.97 Å². The molecule has 1 aromatic carbocycles. The van der Waals surface area contributed by atoms with Crippen LogP contribution in [0.4, 0.5) is 0 Å². The van der Waals surface area contributed by atoms with Crippen LogP contribution in [0.15, 0.2) is 35.7 Å². The van der Waals surface area contributed by atoms with E-state index in [1.807, 2.05) is 6.92 Å². The van der Waals surface area contributed by atoms with E-state index in [0.29, 0.717) is 5.88 Å². The van der Waals surface area contributed by atoms with Crippen LogP contribution in [0.1, 0.15) is 22.7 Å². The largest absolute Gasteiger partial charge is 0.508 e. The smallest absolute Gasteiger partial charge is 0.340 e. The molecule has 0 unspecified atom stereocenters. The molecule has 1 aromatic heterocycles. The van der Waals surface area contributed by atoms with Crippen molar-refractivity contribution in [2.24, 2.45) is 5.73 Å². The molecule has 0 spiro atoms. The van der Waals surface area contributed by atoms with Gasteiger partial charge in [0.2, 0.25) is 11.8 Å². The first kappa shape index (κ1) is 14.0. The summed E-state index contributed by atoms with van der Waals surface area (Å²) in [7, 11) is 1.29. The van der Waals surface area contributed by atoms with Crippen molar-refractivity contribution in [3.63, 3.8) is 0 Å². The van der Waals surface area contributed by atoms with Crippen LogP contribution in [-0.2, 0) is 9.53 Å². The molecule has 4 N–H and O–H groups in total. The van der Waals surface area contributed by atoms with Crippen molar-refractivity contribution in [1.29, 1.82) is 0 Å². The summed E-state index contributed by atoms with van der Waals surface area (Å²) < 4.78 is 10.3. The molecule has 3 rings (SSSR count). The molecule has 1 atom stereocenters. The third kappa shape index (κ3) is 2.07. The van der Waals surface area contributed by atoms with Gasteiger partial charge in [0, 0.05) is 11.3 Å². The molecule has 0 aliphatic carbocycles. The lowest BCUT2D eigenvalue weighted by Crippen LogP contribution is -2.26. The second kappa shape index (κ2) is 5.10. The van der Waals surface area contributed by atoms with Gasteiger partial charge in [-0.3, -0.25) is 5.10 Å². The number of nitrogens with one attached hydrogen (secondary N) is 1. The van der Waals surface area contributed by atoms with Gasteiger partial charge < -0.3 is 20.3 Å². The fourth-order valence-corrected chi connectivity index (χ4v) is 2.61. The summed E-state index contributed by atoms with van der Waals surface area (Å²) in [4.78, 5) is 12.2. The van der Waals surface area contributed by atoms with Crippen LogP contribution in [0.25, 0.3) is 0 Å². The number of nitrogens with two attached hydrogens (primary N) is 1. The van der Waals surface area contributed by atoms with Crippen molar-refractivity contribution in [3.8, 4) is 11.6 Å². The number of hydrogen-bond acceptors (Lipinski definition) is 6. The third-order valence-electron chi connectivity index (χ3n) is 3.64. The number of ether oxygens (including phenoxy) is 2. The van der Waals surface area contributed by atoms with E-state index in [0.717, 1.165) is 16.8 Å². The van der Waals surface area contributed by atoms with Crippen LogP contribution in [0, 0.1) is 6.92 Å². The number of nitrogens with zero attached hydrogens (tertiary/aromatic N) is 1. The Morgan fingerprint density at radius 3 is 2.73 bits per heavy atom. The van der Waals surface area contributed by atoms with E-state index in [1.165, 1.54) is 7.11 Å². The number of aromatic nitrogens is 2. The maximum absolute atomic E-state index is 12.2. The number of esters is 1. The minimum absolute atomic E-state index is 0.0380. The zero-order chi connectivity index (χ0) is 15.9. The Labute approximate surface area is 126 Å². The minimum Gasteiger partial charge on any atom is -0.508 e. The third-order valence-corrected chi connectivity index (χ3v) is 3.64. The molecule has 0 bridgehead atoms. The Kier molecular flexibility index (Phi) is 3.25. The van der Waals surface area contributed by atoms with E-state index in [1.54, 1.807) is 24.3 Å². The highest BCUT2D eigenvalue weighted by Gasteiger charge is 2.38. The minimum atomic E-state index is -0.568. The van der Waals surface area contributed by atoms with Crippen molar-refractivity contribution >= 4 is 5.97 Å². The standard InChI is InChI=1S/C15H15N3O4/c1-7-10-11(8-3-5-9(19)6-4-8)12(15(20)21-2)13(16)22-14(10)18-17-7/h3-6,11,19H,16H2,1-2H3,(H,17,18)/t11-/m1/s1. The van der Waals surface area contributed by atoms with Crippen molar-refractivity contribution in [2.75, 3.05) is 7.11 Å². The van der Waals surface area contributed by atoms with Gasteiger partial charge in [0.1, 0.15) is 11.3 Å². The van der Waals surface area contributed by atoms with Gasteiger partial charge in [-0.2, -0.15) is 0 Å². The lowest BCUT2D eigenvalue weighted by molar-refractivity contribution is -0.136. The summed E-state index contributed by atoms with van der Waals surface area (Å²) in [5, 5.41) is 16.4. The van der Waals surface area contributed by atoms with Gasteiger partial charge in [0.15, 0.2) is 0 Å². The number of H-pyrrole nitrogens is 1. The molecule has 0 saturated carbocycles. The van der Waals surface area contributed by atoms with E-state index in [2.05, 4.69) is 10.2 Å². The number of fused-ring (bicyclic) bond motifs is 1. The highest BCUT2D eigenvalue weighted by atomic mass is 16.5. The molecule has 22 heavy (non-hydrogen) atoms. The van der Waals surface area contributed by atoms with Gasteiger partial charge in [-0.15, -0.1) is 5.10 Å². The SMILES string of the molecule is COC(=O)C1=C(N)Oc2n[nH]c(C)c2[C@H]1c1ccc(O)cc1. The van der Waals surface area contributed by atoms with Crippen LogP contribution in [0.2, 0.25) is 0 Å². The second-order valence-corrected chi connectivity index (χ2v) is 4.96. The Hall–Kier alpha value is -2.96. The molecule has 1 aliphatic rings. The normalized spacial score (nSPS) is 16.9. The predicted molar refractivity (Wildman–Crippen MR) is 77.1 cm³/mol. The van der Waals surface area contributed by atoms with Crippen molar-refractivity contribution < 1.29 is 19.4 Å². The fraction of sp³-hybridized carbons (Fsp3) is 0.200. The van der Waals surface area contributed by atoms with Gasteiger partial charge in [-0.25, -0.2) is 4.79 Å². The maximum atomic E-state index is 12.2. The average Bonchev–Trinajstić information content (AvgIpc) is 2.87. The molecule has 0 saturated heterocycles. The Balaban J connectivity index is 2.22. The quantitative estimate of drug-likeness (QED) is 0.721. The number of hydrogen-bond donors (Lipinski definition) is 3. The van der Waals surface area contributed by atoms with Crippen LogP contribution < -0.4 is 10.5 Å². The number of rotatable bonds is 2. The van der Waals surface area contributed by atoms with Gasteiger partial charge in [0.05, 0.1) is 13.0 Å². The molecule has 2 aromatic rings. The summed E-state index contributed by atoms with van der Waals surface area (Å²) in [6, 6.07) is 6.53. The van der Waals surface area contributed by atoms with Gasteiger partial charge in [-0.1, -0.05) is 12.1 Å². The predicted octanol–water partition coefficient (Wildman–Crippen LogP) is 1.29. The molecule has 7 nitrogen and oxygen atoms in total. The number of carbonyl (C=O) groups is 1. The Morgan fingerprint density at radius 2 is 2.09 bits per heavy atom. The molecule has 7 heteroatoms. The summed E-state index contributed by atoms with van der Waals surface area (Å²) in [5.41, 5.74) is 8.37. The Morgan fingerprint density at radius 1 is 1.41 bits per heavy atom. The van der Waals surface area contributed by atoms with Crippen LogP contribution in [-0.4, -0.2) is 28.4 Å². The zero-order valence-electron chi connectivity index (χ0n) is 12.1. The number of aromatic amines is 1. The van der Waals surface area contributed by atoms with E-state index < -0.39 is 11.9 Å². The first-order chi connectivity index (χ1) is 10.5. The number of phenols is 1. The average molecular weight is 301 g/mol. The van der Waals surface area contributed by atoms with Crippen LogP contribution in [0.3, 0.4) is 0 Å². The van der Waals surface area contributed by atoms with E-state index in [-0.39, 0.29) is 17.2 Å². The number of aromatic hydroxyl groups is 1. The first-order valence-electron chi connectivity index (χ1n) is 6.62. The lowest BCUT2D eigenvalue weighted by atomic mass is 9.83. The molecular formula is C15H15N3O4. The topological polar surface area (TPSA) is 110 Å². The van der Waals surface area contributed by atoms with Crippen molar-refractivity contribution in [2.45, 2.75) is 12.8 Å². The van der Waals surface area contributed by atoms with Gasteiger partial charge in [0.25, 0.3) is 0 Å². The molecule has 0 radical (unpaired) electrons. The van der Waals surface area contributed by atoms with E-state index in [4.69, 9.17) is 15.2 Å².